The molecule has 2 heteroatoms. The molecule has 0 saturated heterocycles. The van der Waals surface area contributed by atoms with Gasteiger partial charge in [0.2, 0.25) is 0 Å². The van der Waals surface area contributed by atoms with E-state index in [1.165, 1.54) is 57.3 Å². The van der Waals surface area contributed by atoms with E-state index >= 15 is 0 Å². The molecule has 0 aromatic heterocycles. The van der Waals surface area contributed by atoms with Gasteiger partial charge in [0.05, 0.1) is 23.9 Å². The van der Waals surface area contributed by atoms with Crippen LogP contribution in [0.4, 0.5) is 0 Å². The highest BCUT2D eigenvalue weighted by Gasteiger charge is 2.42. The van der Waals surface area contributed by atoms with Gasteiger partial charge in [-0.15, -0.1) is 0 Å². The first kappa shape index (κ1) is 13.0. The predicted molar refractivity (Wildman–Crippen MR) is 73.0 cm³/mol. The van der Waals surface area contributed by atoms with Crippen LogP contribution >= 0.6 is 21.5 Å². The first-order valence-electron chi connectivity index (χ1n) is 6.29. The Kier molecular flexibility index (Phi) is 6.01. The zero-order chi connectivity index (χ0) is 10.4. The lowest BCUT2D eigenvalue weighted by Gasteiger charge is -2.31. The summed E-state index contributed by atoms with van der Waals surface area (Å²) in [6.45, 7) is 4.68. The number of hydrogen-bond donors (Lipinski definition) is 0. The molecule has 0 atom stereocenters. The third-order valence-corrected chi connectivity index (χ3v) is 11.5. The highest BCUT2D eigenvalue weighted by Crippen LogP contribution is 2.73. The van der Waals surface area contributed by atoms with E-state index in [-0.39, 0.29) is 0 Å². The van der Waals surface area contributed by atoms with Crippen molar-refractivity contribution in [1.29, 1.82) is 0 Å². The molecule has 0 unspecified atom stereocenters. The summed E-state index contributed by atoms with van der Waals surface area (Å²) in [5.41, 5.74) is 1.07. The summed E-state index contributed by atoms with van der Waals surface area (Å²) in [5.74, 6) is -0.732. The van der Waals surface area contributed by atoms with Crippen molar-refractivity contribution in [3.8, 4) is 0 Å². The van der Waals surface area contributed by atoms with E-state index < -0.39 is 5.96 Å². The second-order valence-electron chi connectivity index (χ2n) is 4.66. The summed E-state index contributed by atoms with van der Waals surface area (Å²) >= 11 is 4.18. The van der Waals surface area contributed by atoms with E-state index in [1.54, 1.807) is 0 Å². The van der Waals surface area contributed by atoms with Crippen molar-refractivity contribution < 1.29 is 0 Å². The molecule has 0 nitrogen and oxygen atoms in total. The monoisotopic (exact) mass is 279 g/mol. The Morgan fingerprint density at radius 2 is 1.50 bits per heavy atom. The SMILES string of the molecule is CCC[P+](Br)(CCC)C1CCCCC1. The number of hydrogen-bond acceptors (Lipinski definition) is 0. The molecule has 0 bridgehead atoms. The molecule has 1 aliphatic rings. The molecule has 1 rings (SSSR count). The fourth-order valence-electron chi connectivity index (χ4n) is 2.76. The Labute approximate surface area is 98.3 Å². The van der Waals surface area contributed by atoms with Gasteiger partial charge in [-0.3, -0.25) is 0 Å². The third-order valence-electron chi connectivity index (χ3n) is 3.42. The topological polar surface area (TPSA) is 0 Å². The van der Waals surface area contributed by atoms with Crippen LogP contribution in [-0.4, -0.2) is 18.0 Å². The van der Waals surface area contributed by atoms with E-state index in [1.807, 2.05) is 0 Å². The fraction of sp³-hybridized carbons (Fsp3) is 1.00. The second kappa shape index (κ2) is 6.48. The minimum absolute atomic E-state index is 0.732. The third kappa shape index (κ3) is 3.49. The molecule has 1 aliphatic carbocycles. The predicted octanol–water partition coefficient (Wildman–Crippen LogP) is 5.47. The maximum absolute atomic E-state index is 4.18. The van der Waals surface area contributed by atoms with Crippen LogP contribution in [0, 0.1) is 0 Å². The zero-order valence-corrected chi connectivity index (χ0v) is 12.2. The Balaban J connectivity index is 2.54. The van der Waals surface area contributed by atoms with Gasteiger partial charge in [-0.1, -0.05) is 20.3 Å². The molecule has 1 saturated carbocycles. The Hall–Kier alpha value is 0.910. The lowest BCUT2D eigenvalue weighted by atomic mass is 10.0. The molecule has 0 radical (unpaired) electrons. The van der Waals surface area contributed by atoms with E-state index in [0.29, 0.717) is 0 Å². The summed E-state index contributed by atoms with van der Waals surface area (Å²) in [4.78, 5) is 0. The van der Waals surface area contributed by atoms with E-state index in [0.717, 1.165) is 5.66 Å². The first-order chi connectivity index (χ1) is 6.73. The lowest BCUT2D eigenvalue weighted by molar-refractivity contribution is 0.509. The Bertz CT molecular complexity index is 146. The summed E-state index contributed by atoms with van der Waals surface area (Å²) in [5, 5.41) is 0. The van der Waals surface area contributed by atoms with Gasteiger partial charge in [-0.05, 0) is 38.5 Å². The minimum atomic E-state index is -0.732. The molecule has 14 heavy (non-hydrogen) atoms. The van der Waals surface area contributed by atoms with E-state index in [9.17, 15) is 0 Å². The molecule has 0 heterocycles. The van der Waals surface area contributed by atoms with Crippen LogP contribution in [0.3, 0.4) is 0 Å². The van der Waals surface area contributed by atoms with Gasteiger partial charge in [0.15, 0.2) is 0 Å². The summed E-state index contributed by atoms with van der Waals surface area (Å²) in [6.07, 6.45) is 13.2. The molecular weight excluding hydrogens is 255 g/mol. The maximum atomic E-state index is 4.18. The molecule has 1 fully saturated rings. The van der Waals surface area contributed by atoms with E-state index in [2.05, 4.69) is 29.3 Å². The van der Waals surface area contributed by atoms with Crippen molar-refractivity contribution in [2.24, 2.45) is 0 Å². The van der Waals surface area contributed by atoms with Gasteiger partial charge in [-0.2, -0.15) is 0 Å². The van der Waals surface area contributed by atoms with Gasteiger partial charge in [-0.25, -0.2) is 0 Å². The lowest BCUT2D eigenvalue weighted by Crippen LogP contribution is -2.18. The van der Waals surface area contributed by atoms with Crippen LogP contribution in [0.5, 0.6) is 0 Å². The van der Waals surface area contributed by atoms with Crippen LogP contribution in [0.25, 0.3) is 0 Å². The zero-order valence-electron chi connectivity index (χ0n) is 9.77. The van der Waals surface area contributed by atoms with Gasteiger partial charge >= 0.3 is 0 Å². The molecule has 84 valence electrons. The average Bonchev–Trinajstić information content (AvgIpc) is 2.20. The normalized spacial score (nSPS) is 19.9. The molecule has 0 aromatic carbocycles. The van der Waals surface area contributed by atoms with Gasteiger partial charge < -0.3 is 0 Å². The second-order valence-corrected chi connectivity index (χ2v) is 12.4. The van der Waals surface area contributed by atoms with Crippen LogP contribution in [0.1, 0.15) is 58.8 Å². The van der Waals surface area contributed by atoms with Crippen molar-refractivity contribution >= 4 is 21.5 Å². The highest BCUT2D eigenvalue weighted by molar-refractivity contribution is 9.42. The number of halogens is 1. The fourth-order valence-corrected chi connectivity index (χ4v) is 9.85. The van der Waals surface area contributed by atoms with Crippen LogP contribution in [0.15, 0.2) is 0 Å². The molecule has 0 aromatic rings. The molecule has 0 spiro atoms. The summed E-state index contributed by atoms with van der Waals surface area (Å²) in [6, 6.07) is 0. The molecule has 0 N–H and O–H groups in total. The van der Waals surface area contributed by atoms with E-state index in [4.69, 9.17) is 0 Å². The summed E-state index contributed by atoms with van der Waals surface area (Å²) in [7, 11) is 0. The molecule has 0 aliphatic heterocycles. The van der Waals surface area contributed by atoms with Gasteiger partial charge in [0, 0.05) is 0 Å². The summed E-state index contributed by atoms with van der Waals surface area (Å²) < 4.78 is 0. The highest BCUT2D eigenvalue weighted by atomic mass is 79.9. The minimum Gasteiger partial charge on any atom is -0.0619 e. The maximum Gasteiger partial charge on any atom is 0.139 e. The number of rotatable bonds is 5. The average molecular weight is 280 g/mol. The molecular formula is C12H25BrP+. The van der Waals surface area contributed by atoms with Crippen LogP contribution < -0.4 is 0 Å². The largest absolute Gasteiger partial charge is 0.139 e. The van der Waals surface area contributed by atoms with Crippen molar-refractivity contribution in [1.82, 2.24) is 0 Å². The molecule has 0 amide bonds. The first-order valence-corrected chi connectivity index (χ1v) is 10.5. The van der Waals surface area contributed by atoms with Gasteiger partial charge in [0.25, 0.3) is 0 Å². The van der Waals surface area contributed by atoms with Crippen molar-refractivity contribution in [3.05, 3.63) is 0 Å². The Morgan fingerprint density at radius 1 is 1.00 bits per heavy atom. The van der Waals surface area contributed by atoms with Gasteiger partial charge in [0.1, 0.15) is 15.5 Å². The standard InChI is InChI=1S/C12H25BrP/c1-3-10-14(13,11-4-2)12-8-6-5-7-9-12/h12H,3-11H2,1-2H3/q+1. The van der Waals surface area contributed by atoms with Crippen LogP contribution in [0.2, 0.25) is 0 Å². The smallest absolute Gasteiger partial charge is 0.0619 e. The van der Waals surface area contributed by atoms with Crippen molar-refractivity contribution in [3.63, 3.8) is 0 Å². The quantitative estimate of drug-likeness (QED) is 0.586. The van der Waals surface area contributed by atoms with Crippen molar-refractivity contribution in [2.75, 3.05) is 12.3 Å². The Morgan fingerprint density at radius 3 is 1.93 bits per heavy atom. The van der Waals surface area contributed by atoms with Crippen molar-refractivity contribution in [2.45, 2.75) is 64.5 Å². The van der Waals surface area contributed by atoms with Crippen LogP contribution in [-0.2, 0) is 0 Å².